The summed E-state index contributed by atoms with van der Waals surface area (Å²) in [7, 11) is 0. The molecule has 1 aromatic carbocycles. The Kier molecular flexibility index (Phi) is 3.82. The molecule has 0 N–H and O–H groups in total. The van der Waals surface area contributed by atoms with Crippen LogP contribution in [0.5, 0.6) is 5.75 Å². The Balaban J connectivity index is 1.48. The minimum atomic E-state index is 0.340. The fourth-order valence-corrected chi connectivity index (χ4v) is 3.74. The van der Waals surface area contributed by atoms with Gasteiger partial charge in [0.15, 0.2) is 0 Å². The van der Waals surface area contributed by atoms with Crippen molar-refractivity contribution in [3.63, 3.8) is 0 Å². The van der Waals surface area contributed by atoms with Crippen molar-refractivity contribution in [1.82, 2.24) is 9.88 Å². The van der Waals surface area contributed by atoms with Crippen molar-refractivity contribution in [3.8, 4) is 17.0 Å². The van der Waals surface area contributed by atoms with E-state index in [1.807, 2.05) is 6.20 Å². The van der Waals surface area contributed by atoms with E-state index in [0.717, 1.165) is 23.9 Å². The van der Waals surface area contributed by atoms with Gasteiger partial charge in [-0.2, -0.15) is 0 Å². The second-order valence-electron chi connectivity index (χ2n) is 6.97. The summed E-state index contributed by atoms with van der Waals surface area (Å²) in [5, 5.41) is 0. The Morgan fingerprint density at radius 2 is 1.87 bits per heavy atom. The maximum Gasteiger partial charge on any atom is 0.138 e. The van der Waals surface area contributed by atoms with Gasteiger partial charge in [0.25, 0.3) is 0 Å². The van der Waals surface area contributed by atoms with Crippen LogP contribution in [0.2, 0.25) is 0 Å². The number of aromatic nitrogens is 1. The van der Waals surface area contributed by atoms with E-state index in [9.17, 15) is 0 Å². The van der Waals surface area contributed by atoms with Crippen LogP contribution in [0.3, 0.4) is 0 Å². The molecule has 5 rings (SSSR count). The van der Waals surface area contributed by atoms with E-state index in [0.29, 0.717) is 6.10 Å². The van der Waals surface area contributed by atoms with Crippen molar-refractivity contribution in [3.05, 3.63) is 47.7 Å². The molecule has 1 unspecified atom stereocenters. The van der Waals surface area contributed by atoms with Crippen molar-refractivity contribution in [2.75, 3.05) is 19.6 Å². The molecule has 3 nitrogen and oxygen atoms in total. The van der Waals surface area contributed by atoms with Gasteiger partial charge in [0.1, 0.15) is 11.9 Å². The molecule has 0 aliphatic carbocycles. The summed E-state index contributed by atoms with van der Waals surface area (Å²) in [5.74, 6) is 1.62. The first kappa shape index (κ1) is 14.7. The molecule has 1 atom stereocenters. The molecular formula is C20H24N2O. The predicted octanol–water partition coefficient (Wildman–Crippen LogP) is 3.84. The topological polar surface area (TPSA) is 25.4 Å². The summed E-state index contributed by atoms with van der Waals surface area (Å²) in [6, 6.07) is 10.6. The molecule has 1 aromatic heterocycles. The van der Waals surface area contributed by atoms with Gasteiger partial charge >= 0.3 is 0 Å². The van der Waals surface area contributed by atoms with Crippen LogP contribution in [-0.2, 0) is 0 Å². The number of nitrogens with zero attached hydrogens (tertiary/aromatic N) is 2. The highest BCUT2D eigenvalue weighted by Gasteiger charge is 2.35. The molecule has 3 saturated heterocycles. The zero-order valence-electron chi connectivity index (χ0n) is 14.0. The molecule has 3 heteroatoms. The fourth-order valence-electron chi connectivity index (χ4n) is 3.74. The van der Waals surface area contributed by atoms with Gasteiger partial charge in [-0.25, -0.2) is 0 Å². The van der Waals surface area contributed by atoms with Crippen LogP contribution in [0, 0.1) is 19.8 Å². The van der Waals surface area contributed by atoms with Gasteiger partial charge in [-0.3, -0.25) is 9.88 Å². The summed E-state index contributed by atoms with van der Waals surface area (Å²) < 4.78 is 6.22. The number of fused-ring (bicyclic) bond motifs is 3. The maximum absolute atomic E-state index is 6.22. The third kappa shape index (κ3) is 2.98. The van der Waals surface area contributed by atoms with Gasteiger partial charge < -0.3 is 4.74 Å². The Labute approximate surface area is 138 Å². The number of aryl methyl sites for hydroxylation is 2. The second-order valence-corrected chi connectivity index (χ2v) is 6.97. The van der Waals surface area contributed by atoms with E-state index in [2.05, 4.69) is 54.1 Å². The minimum absolute atomic E-state index is 0.340. The summed E-state index contributed by atoms with van der Waals surface area (Å²) in [5.41, 5.74) is 4.80. The molecule has 0 spiro atoms. The van der Waals surface area contributed by atoms with Crippen molar-refractivity contribution in [1.29, 1.82) is 0 Å². The molecule has 0 radical (unpaired) electrons. The highest BCUT2D eigenvalue weighted by atomic mass is 16.5. The van der Waals surface area contributed by atoms with Crippen LogP contribution in [0.15, 0.2) is 36.5 Å². The summed E-state index contributed by atoms with van der Waals surface area (Å²) in [6.07, 6.45) is 4.77. The van der Waals surface area contributed by atoms with E-state index < -0.39 is 0 Å². The first-order valence-electron chi connectivity index (χ1n) is 8.62. The number of rotatable bonds is 3. The Hall–Kier alpha value is -1.87. The smallest absolute Gasteiger partial charge is 0.138 e. The van der Waals surface area contributed by atoms with Gasteiger partial charge in [0.2, 0.25) is 0 Å². The lowest BCUT2D eigenvalue weighted by Gasteiger charge is -2.44. The number of pyridine rings is 1. The first-order chi connectivity index (χ1) is 11.2. The third-order valence-electron chi connectivity index (χ3n) is 5.42. The molecule has 2 bridgehead atoms. The Morgan fingerprint density at radius 3 is 2.48 bits per heavy atom. The molecule has 0 amide bonds. The molecule has 23 heavy (non-hydrogen) atoms. The third-order valence-corrected chi connectivity index (χ3v) is 5.42. The molecule has 3 fully saturated rings. The molecule has 2 aromatic rings. The predicted molar refractivity (Wildman–Crippen MR) is 92.7 cm³/mol. The van der Waals surface area contributed by atoms with Gasteiger partial charge in [-0.15, -0.1) is 0 Å². The maximum atomic E-state index is 6.22. The number of hydrogen-bond donors (Lipinski definition) is 0. The van der Waals surface area contributed by atoms with Crippen molar-refractivity contribution < 1.29 is 4.74 Å². The standard InChI is InChI=1S/C20H24N2O/c1-14-3-4-17(11-15(14)2)19-6-5-18(12-21-19)23-20-13-22-9-7-16(20)8-10-22/h3-6,11-12,16,20H,7-10,13H2,1-2H3. The van der Waals surface area contributed by atoms with E-state index in [1.54, 1.807) is 0 Å². The number of piperidine rings is 3. The fraction of sp³-hybridized carbons (Fsp3) is 0.450. The van der Waals surface area contributed by atoms with Gasteiger partial charge in [0.05, 0.1) is 11.9 Å². The minimum Gasteiger partial charge on any atom is -0.487 e. The van der Waals surface area contributed by atoms with Crippen LogP contribution in [0.4, 0.5) is 0 Å². The molecule has 4 heterocycles. The van der Waals surface area contributed by atoms with E-state index >= 15 is 0 Å². The second kappa shape index (κ2) is 5.97. The monoisotopic (exact) mass is 308 g/mol. The molecule has 0 saturated carbocycles. The van der Waals surface area contributed by atoms with Crippen LogP contribution < -0.4 is 4.74 Å². The number of ether oxygens (including phenoxy) is 1. The average molecular weight is 308 g/mol. The average Bonchev–Trinajstić information content (AvgIpc) is 2.59. The first-order valence-corrected chi connectivity index (χ1v) is 8.62. The summed E-state index contributed by atoms with van der Waals surface area (Å²) in [4.78, 5) is 7.12. The molecule has 3 aliphatic heterocycles. The normalized spacial score (nSPS) is 26.3. The number of benzene rings is 1. The van der Waals surface area contributed by atoms with Crippen LogP contribution in [-0.4, -0.2) is 35.6 Å². The van der Waals surface area contributed by atoms with Crippen molar-refractivity contribution >= 4 is 0 Å². The number of hydrogen-bond acceptors (Lipinski definition) is 3. The summed E-state index contributed by atoms with van der Waals surface area (Å²) in [6.45, 7) is 7.84. The molecule has 120 valence electrons. The summed E-state index contributed by atoms with van der Waals surface area (Å²) >= 11 is 0. The lowest BCUT2D eigenvalue weighted by atomic mass is 9.86. The zero-order chi connectivity index (χ0) is 15.8. The van der Waals surface area contributed by atoms with Crippen LogP contribution in [0.25, 0.3) is 11.3 Å². The Morgan fingerprint density at radius 1 is 1.04 bits per heavy atom. The SMILES string of the molecule is Cc1ccc(-c2ccc(OC3CN4CCC3CC4)cn2)cc1C. The molecular weight excluding hydrogens is 284 g/mol. The van der Waals surface area contributed by atoms with Crippen LogP contribution >= 0.6 is 0 Å². The van der Waals surface area contributed by atoms with Gasteiger partial charge in [-0.05, 0) is 75.0 Å². The lowest BCUT2D eigenvalue weighted by molar-refractivity contribution is -0.00791. The molecule has 3 aliphatic rings. The van der Waals surface area contributed by atoms with Crippen molar-refractivity contribution in [2.24, 2.45) is 5.92 Å². The quantitative estimate of drug-likeness (QED) is 0.861. The van der Waals surface area contributed by atoms with E-state index in [1.165, 1.54) is 42.6 Å². The van der Waals surface area contributed by atoms with Crippen molar-refractivity contribution in [2.45, 2.75) is 32.8 Å². The van der Waals surface area contributed by atoms with Gasteiger partial charge in [-0.1, -0.05) is 12.1 Å². The van der Waals surface area contributed by atoms with Crippen LogP contribution in [0.1, 0.15) is 24.0 Å². The lowest BCUT2D eigenvalue weighted by Crippen LogP contribution is -2.52. The highest BCUT2D eigenvalue weighted by Crippen LogP contribution is 2.31. The largest absolute Gasteiger partial charge is 0.487 e. The highest BCUT2D eigenvalue weighted by molar-refractivity contribution is 5.61. The zero-order valence-corrected chi connectivity index (χ0v) is 14.0. The van der Waals surface area contributed by atoms with E-state index in [-0.39, 0.29) is 0 Å². The van der Waals surface area contributed by atoms with E-state index in [4.69, 9.17) is 4.74 Å². The Bertz CT molecular complexity index is 687. The van der Waals surface area contributed by atoms with Gasteiger partial charge in [0, 0.05) is 12.1 Å².